The molecule has 6 nitrogen and oxygen atoms in total. The summed E-state index contributed by atoms with van der Waals surface area (Å²) in [5.74, 6) is 0.329. The third-order valence-corrected chi connectivity index (χ3v) is 5.35. The number of rotatable bonds is 8. The molecular weight excluding hydrogens is 374 g/mol. The molecule has 7 heteroatoms. The van der Waals surface area contributed by atoms with Crippen LogP contribution in [0.3, 0.4) is 0 Å². The lowest BCUT2D eigenvalue weighted by atomic mass is 10.1. The van der Waals surface area contributed by atoms with E-state index in [4.69, 9.17) is 5.11 Å². The minimum Gasteiger partial charge on any atom is -0.481 e. The third-order valence-electron chi connectivity index (χ3n) is 4.32. The zero-order valence-electron chi connectivity index (χ0n) is 15.7. The van der Waals surface area contributed by atoms with Crippen molar-refractivity contribution in [3.63, 3.8) is 0 Å². The summed E-state index contributed by atoms with van der Waals surface area (Å²) in [6.45, 7) is 2.88. The Labute approximate surface area is 168 Å². The van der Waals surface area contributed by atoms with Crippen LogP contribution in [0.4, 0.5) is 11.4 Å². The van der Waals surface area contributed by atoms with E-state index in [1.165, 1.54) is 0 Å². The highest BCUT2D eigenvalue weighted by atomic mass is 32.2. The summed E-state index contributed by atoms with van der Waals surface area (Å²) in [5, 5.41) is 18.0. The SMILES string of the molecule is CC1=NN(c2ccc(C(=O)Nc3cccc(CSCCC(=O)O)c3)cc2)CC1. The van der Waals surface area contributed by atoms with Gasteiger partial charge in [0, 0.05) is 41.4 Å². The Kier molecular flexibility index (Phi) is 6.71. The minimum atomic E-state index is -0.786. The number of benzene rings is 2. The van der Waals surface area contributed by atoms with Gasteiger partial charge in [0.15, 0.2) is 0 Å². The molecule has 0 atom stereocenters. The number of hydrogen-bond donors (Lipinski definition) is 2. The lowest BCUT2D eigenvalue weighted by molar-refractivity contribution is -0.136. The maximum Gasteiger partial charge on any atom is 0.304 e. The van der Waals surface area contributed by atoms with E-state index in [2.05, 4.69) is 10.4 Å². The molecule has 0 aromatic heterocycles. The third kappa shape index (κ3) is 5.60. The van der Waals surface area contributed by atoms with Crippen LogP contribution in [0.2, 0.25) is 0 Å². The molecule has 0 spiro atoms. The maximum absolute atomic E-state index is 12.5. The summed E-state index contributed by atoms with van der Waals surface area (Å²) in [5.41, 5.74) is 4.46. The number of anilines is 2. The van der Waals surface area contributed by atoms with Gasteiger partial charge in [-0.15, -0.1) is 0 Å². The van der Waals surface area contributed by atoms with Gasteiger partial charge >= 0.3 is 5.97 Å². The second-order valence-electron chi connectivity index (χ2n) is 6.61. The quantitative estimate of drug-likeness (QED) is 0.652. The maximum atomic E-state index is 12.5. The van der Waals surface area contributed by atoms with Crippen LogP contribution in [0.5, 0.6) is 0 Å². The van der Waals surface area contributed by atoms with Crippen LogP contribution < -0.4 is 10.3 Å². The number of nitrogens with one attached hydrogen (secondary N) is 1. The Balaban J connectivity index is 1.57. The first-order valence-corrected chi connectivity index (χ1v) is 10.3. The number of carboxylic acids is 1. The molecule has 3 rings (SSSR count). The summed E-state index contributed by atoms with van der Waals surface area (Å²) in [7, 11) is 0. The van der Waals surface area contributed by atoms with Gasteiger partial charge in [0.1, 0.15) is 0 Å². The fourth-order valence-corrected chi connectivity index (χ4v) is 3.72. The number of hydrogen-bond acceptors (Lipinski definition) is 5. The number of nitrogens with zero attached hydrogens (tertiary/aromatic N) is 2. The number of carboxylic acid groups (broad SMARTS) is 1. The van der Waals surface area contributed by atoms with Crippen LogP contribution in [0.25, 0.3) is 0 Å². The van der Waals surface area contributed by atoms with Crippen LogP contribution in [0, 0.1) is 0 Å². The van der Waals surface area contributed by atoms with Crippen molar-refractivity contribution < 1.29 is 14.7 Å². The van der Waals surface area contributed by atoms with Gasteiger partial charge in [-0.25, -0.2) is 0 Å². The summed E-state index contributed by atoms with van der Waals surface area (Å²) in [4.78, 5) is 23.1. The number of hydrazone groups is 1. The predicted molar refractivity (Wildman–Crippen MR) is 114 cm³/mol. The van der Waals surface area contributed by atoms with Gasteiger partial charge in [-0.3, -0.25) is 14.6 Å². The van der Waals surface area contributed by atoms with E-state index in [-0.39, 0.29) is 12.3 Å². The largest absolute Gasteiger partial charge is 0.481 e. The first-order chi connectivity index (χ1) is 13.5. The Morgan fingerprint density at radius 1 is 1.21 bits per heavy atom. The molecule has 0 saturated carbocycles. The number of thioether (sulfide) groups is 1. The highest BCUT2D eigenvalue weighted by molar-refractivity contribution is 7.98. The molecule has 0 fully saturated rings. The van der Waals surface area contributed by atoms with Crippen molar-refractivity contribution in [2.75, 3.05) is 22.6 Å². The topological polar surface area (TPSA) is 82.0 Å². The highest BCUT2D eigenvalue weighted by Gasteiger charge is 2.13. The van der Waals surface area contributed by atoms with E-state index in [0.29, 0.717) is 17.1 Å². The zero-order valence-corrected chi connectivity index (χ0v) is 16.5. The average Bonchev–Trinajstić information content (AvgIpc) is 3.12. The lowest BCUT2D eigenvalue weighted by Gasteiger charge is -2.14. The first-order valence-electron chi connectivity index (χ1n) is 9.13. The van der Waals surface area contributed by atoms with Crippen molar-refractivity contribution in [1.82, 2.24) is 0 Å². The summed E-state index contributed by atoms with van der Waals surface area (Å²) >= 11 is 1.56. The van der Waals surface area contributed by atoms with Gasteiger partial charge in [-0.1, -0.05) is 12.1 Å². The predicted octanol–water partition coefficient (Wildman–Crippen LogP) is 4.23. The monoisotopic (exact) mass is 397 g/mol. The molecule has 2 aromatic rings. The minimum absolute atomic E-state index is 0.152. The first kappa shape index (κ1) is 19.9. The van der Waals surface area contributed by atoms with Gasteiger partial charge in [0.2, 0.25) is 0 Å². The molecule has 0 aliphatic carbocycles. The van der Waals surface area contributed by atoms with E-state index in [1.54, 1.807) is 23.9 Å². The molecule has 1 aliphatic rings. The molecule has 1 amide bonds. The molecular formula is C21H23N3O3S. The standard InChI is InChI=1S/C21H23N3O3S/c1-15-9-11-24(23-15)19-7-5-17(6-8-19)21(27)22-18-4-2-3-16(13-18)14-28-12-10-20(25)26/h2-8,13H,9-12,14H2,1H3,(H,22,27)(H,25,26). The van der Waals surface area contributed by atoms with Crippen molar-refractivity contribution in [3.8, 4) is 0 Å². The van der Waals surface area contributed by atoms with E-state index >= 15 is 0 Å². The van der Waals surface area contributed by atoms with Crippen molar-refractivity contribution in [3.05, 3.63) is 59.7 Å². The molecule has 0 bridgehead atoms. The van der Waals surface area contributed by atoms with Crippen LogP contribution in [0.15, 0.2) is 53.6 Å². The Hall–Kier alpha value is -2.80. The molecule has 1 aliphatic heterocycles. The van der Waals surface area contributed by atoms with E-state index in [9.17, 15) is 9.59 Å². The Morgan fingerprint density at radius 2 is 2.00 bits per heavy atom. The van der Waals surface area contributed by atoms with Gasteiger partial charge in [0.05, 0.1) is 12.1 Å². The van der Waals surface area contributed by atoms with Gasteiger partial charge < -0.3 is 10.4 Å². The molecule has 0 radical (unpaired) electrons. The fourth-order valence-electron chi connectivity index (χ4n) is 2.84. The van der Waals surface area contributed by atoms with Gasteiger partial charge in [0.25, 0.3) is 5.91 Å². The number of aliphatic carboxylic acids is 1. The van der Waals surface area contributed by atoms with Crippen molar-refractivity contribution in [1.29, 1.82) is 0 Å². The van der Waals surface area contributed by atoms with Crippen molar-refractivity contribution in [2.45, 2.75) is 25.5 Å². The van der Waals surface area contributed by atoms with Crippen LogP contribution >= 0.6 is 11.8 Å². The van der Waals surface area contributed by atoms with Crippen molar-refractivity contribution in [2.24, 2.45) is 5.10 Å². The van der Waals surface area contributed by atoms with Crippen LogP contribution in [-0.4, -0.2) is 35.0 Å². The molecule has 28 heavy (non-hydrogen) atoms. The second-order valence-corrected chi connectivity index (χ2v) is 7.71. The molecule has 0 unspecified atom stereocenters. The normalized spacial score (nSPS) is 13.3. The van der Waals surface area contributed by atoms with Crippen molar-refractivity contribution >= 4 is 40.7 Å². The second kappa shape index (κ2) is 9.41. The highest BCUT2D eigenvalue weighted by Crippen LogP contribution is 2.21. The molecule has 0 saturated heterocycles. The molecule has 2 N–H and O–H groups in total. The molecule has 146 valence electrons. The van der Waals surface area contributed by atoms with Crippen LogP contribution in [-0.2, 0) is 10.5 Å². The van der Waals surface area contributed by atoms with E-state index in [0.717, 1.165) is 35.6 Å². The molecule has 1 heterocycles. The van der Waals surface area contributed by atoms with Gasteiger partial charge in [-0.05, 0) is 48.9 Å². The number of amides is 1. The lowest BCUT2D eigenvalue weighted by Crippen LogP contribution is -2.14. The van der Waals surface area contributed by atoms with E-state index < -0.39 is 5.97 Å². The number of carbonyl (C=O) groups excluding carboxylic acids is 1. The molecule has 2 aromatic carbocycles. The smallest absolute Gasteiger partial charge is 0.304 e. The summed E-state index contributed by atoms with van der Waals surface area (Å²) < 4.78 is 0. The zero-order chi connectivity index (χ0) is 19.9. The average molecular weight is 398 g/mol. The Morgan fingerprint density at radius 3 is 2.68 bits per heavy atom. The fraction of sp³-hybridized carbons (Fsp3) is 0.286. The van der Waals surface area contributed by atoms with E-state index in [1.807, 2.05) is 48.3 Å². The number of carbonyl (C=O) groups is 2. The van der Waals surface area contributed by atoms with Crippen LogP contribution in [0.1, 0.15) is 35.7 Å². The van der Waals surface area contributed by atoms with Gasteiger partial charge in [-0.2, -0.15) is 16.9 Å². The summed E-state index contributed by atoms with van der Waals surface area (Å²) in [6.07, 6.45) is 1.12. The summed E-state index contributed by atoms with van der Waals surface area (Å²) in [6, 6.07) is 15.1. The Bertz CT molecular complexity index is 881.